The number of H-pyrrole nitrogens is 1. The number of nitrogens with zero attached hydrogens (tertiary/aromatic N) is 1. The van der Waals surface area contributed by atoms with Crippen LogP contribution < -0.4 is 0 Å². The van der Waals surface area contributed by atoms with Crippen LogP contribution >= 0.6 is 19.4 Å². The predicted molar refractivity (Wildman–Crippen MR) is 37.9 cm³/mol. The standard InChI is InChI=1S/C3H3ClN2.H3O4P/c4-3-1-2-5-6-3;1-5(2,3)4/h1-2H,(H,5,6);(H3,1,2,3,4). The molecule has 0 atom stereocenters. The van der Waals surface area contributed by atoms with Crippen LogP contribution in [0.3, 0.4) is 0 Å². The summed E-state index contributed by atoms with van der Waals surface area (Å²) >= 11 is 5.31. The van der Waals surface area contributed by atoms with E-state index in [1.807, 2.05) is 0 Å². The third kappa shape index (κ3) is 12.7. The number of halogens is 1. The van der Waals surface area contributed by atoms with E-state index in [1.165, 1.54) is 0 Å². The SMILES string of the molecule is Clc1cc[nH]n1.O=P(O)(O)O. The molecule has 0 radical (unpaired) electrons. The molecule has 8 heteroatoms. The van der Waals surface area contributed by atoms with Crippen LogP contribution in [0.1, 0.15) is 0 Å². The fourth-order valence-electron chi connectivity index (χ4n) is 0.242. The van der Waals surface area contributed by atoms with E-state index in [9.17, 15) is 0 Å². The molecule has 0 aliphatic rings. The number of aromatic amines is 1. The molecule has 1 aromatic heterocycles. The molecule has 0 bridgehead atoms. The first-order chi connectivity index (χ1) is 4.89. The molecule has 1 rings (SSSR count). The molecular weight excluding hydrogens is 194 g/mol. The van der Waals surface area contributed by atoms with Gasteiger partial charge in [0, 0.05) is 6.20 Å². The van der Waals surface area contributed by atoms with Gasteiger partial charge >= 0.3 is 7.82 Å². The molecule has 11 heavy (non-hydrogen) atoms. The Hall–Kier alpha value is -0.390. The Balaban J connectivity index is 0.000000187. The molecule has 1 aromatic rings. The summed E-state index contributed by atoms with van der Waals surface area (Å²) in [4.78, 5) is 21.6. The van der Waals surface area contributed by atoms with Crippen molar-refractivity contribution < 1.29 is 19.2 Å². The van der Waals surface area contributed by atoms with Gasteiger partial charge in [-0.3, -0.25) is 5.10 Å². The summed E-state index contributed by atoms with van der Waals surface area (Å²) in [5.41, 5.74) is 0. The topological polar surface area (TPSA) is 106 Å². The Bertz CT molecular complexity index is 223. The molecule has 0 unspecified atom stereocenters. The molecule has 0 aliphatic heterocycles. The molecule has 0 saturated carbocycles. The number of phosphoric acid groups is 1. The Morgan fingerprint density at radius 3 is 2.09 bits per heavy atom. The van der Waals surface area contributed by atoms with Crippen molar-refractivity contribution in [3.63, 3.8) is 0 Å². The van der Waals surface area contributed by atoms with Crippen molar-refractivity contribution in [2.24, 2.45) is 0 Å². The first-order valence-corrected chi connectivity index (χ1v) is 4.27. The Morgan fingerprint density at radius 2 is 2.00 bits per heavy atom. The lowest BCUT2D eigenvalue weighted by atomic mass is 10.8. The molecule has 1 heterocycles. The van der Waals surface area contributed by atoms with Gasteiger partial charge in [0.1, 0.15) is 0 Å². The Kier molecular flexibility index (Phi) is 4.32. The quantitative estimate of drug-likeness (QED) is 0.446. The molecule has 0 spiro atoms. The summed E-state index contributed by atoms with van der Waals surface area (Å²) in [7, 11) is -4.64. The van der Waals surface area contributed by atoms with Crippen LogP contribution in [0.5, 0.6) is 0 Å². The van der Waals surface area contributed by atoms with Crippen molar-refractivity contribution in [1.29, 1.82) is 0 Å². The minimum atomic E-state index is -4.64. The molecule has 64 valence electrons. The Morgan fingerprint density at radius 1 is 1.55 bits per heavy atom. The maximum absolute atomic E-state index is 8.88. The summed E-state index contributed by atoms with van der Waals surface area (Å²) in [6, 6.07) is 1.68. The first kappa shape index (κ1) is 10.6. The normalized spacial score (nSPS) is 10.2. The largest absolute Gasteiger partial charge is 0.466 e. The van der Waals surface area contributed by atoms with Gasteiger partial charge in [0.2, 0.25) is 0 Å². The van der Waals surface area contributed by atoms with Crippen molar-refractivity contribution in [3.05, 3.63) is 17.4 Å². The van der Waals surface area contributed by atoms with Gasteiger partial charge in [0.05, 0.1) is 0 Å². The minimum Gasteiger partial charge on any atom is -0.303 e. The van der Waals surface area contributed by atoms with Crippen LogP contribution in [0.15, 0.2) is 12.3 Å². The second-order valence-electron chi connectivity index (χ2n) is 1.41. The molecule has 4 N–H and O–H groups in total. The van der Waals surface area contributed by atoms with Crippen LogP contribution in [-0.2, 0) is 4.57 Å². The van der Waals surface area contributed by atoms with Gasteiger partial charge in [-0.2, -0.15) is 5.10 Å². The van der Waals surface area contributed by atoms with E-state index >= 15 is 0 Å². The molecule has 0 aromatic carbocycles. The third-order valence-electron chi connectivity index (χ3n) is 0.467. The lowest BCUT2D eigenvalue weighted by Crippen LogP contribution is -1.66. The highest BCUT2D eigenvalue weighted by Crippen LogP contribution is 2.25. The summed E-state index contributed by atoms with van der Waals surface area (Å²) in [5, 5.41) is 6.61. The van der Waals surface area contributed by atoms with Crippen molar-refractivity contribution >= 4 is 19.4 Å². The molecule has 0 amide bonds. The van der Waals surface area contributed by atoms with Gasteiger partial charge in [0.25, 0.3) is 0 Å². The highest BCUT2D eigenvalue weighted by molar-refractivity contribution is 7.45. The summed E-state index contributed by atoms with van der Waals surface area (Å²) in [5.74, 6) is 0. The van der Waals surface area contributed by atoms with Gasteiger partial charge in [-0.25, -0.2) is 4.57 Å². The van der Waals surface area contributed by atoms with Crippen molar-refractivity contribution in [1.82, 2.24) is 10.2 Å². The zero-order chi connectivity index (χ0) is 8.91. The maximum Gasteiger partial charge on any atom is 0.466 e. The van der Waals surface area contributed by atoms with E-state index in [2.05, 4.69) is 10.2 Å². The third-order valence-corrected chi connectivity index (χ3v) is 0.677. The summed E-state index contributed by atoms with van der Waals surface area (Å²) < 4.78 is 8.88. The van der Waals surface area contributed by atoms with Crippen molar-refractivity contribution in [2.45, 2.75) is 0 Å². The average molecular weight is 201 g/mol. The van der Waals surface area contributed by atoms with Crippen LogP contribution in [0.2, 0.25) is 5.15 Å². The van der Waals surface area contributed by atoms with Crippen LogP contribution in [0.25, 0.3) is 0 Å². The molecule has 0 aliphatic carbocycles. The second-order valence-corrected chi connectivity index (χ2v) is 2.82. The number of hydrogen-bond donors (Lipinski definition) is 4. The summed E-state index contributed by atoms with van der Waals surface area (Å²) in [6.45, 7) is 0. The van der Waals surface area contributed by atoms with E-state index in [0.29, 0.717) is 5.15 Å². The van der Waals surface area contributed by atoms with E-state index in [4.69, 9.17) is 30.8 Å². The number of rotatable bonds is 0. The predicted octanol–water partition coefficient (Wildman–Crippen LogP) is 0.134. The molecule has 0 saturated heterocycles. The maximum atomic E-state index is 8.88. The van der Waals surface area contributed by atoms with Gasteiger partial charge in [-0.1, -0.05) is 11.6 Å². The van der Waals surface area contributed by atoms with E-state index in [1.54, 1.807) is 12.3 Å². The monoisotopic (exact) mass is 200 g/mol. The fourth-order valence-corrected chi connectivity index (χ4v) is 0.354. The van der Waals surface area contributed by atoms with Crippen molar-refractivity contribution in [3.8, 4) is 0 Å². The van der Waals surface area contributed by atoms with Gasteiger partial charge in [-0.05, 0) is 6.07 Å². The molecular formula is C3H6ClN2O4P. The average Bonchev–Trinajstić information content (AvgIpc) is 2.12. The smallest absolute Gasteiger partial charge is 0.303 e. The first-order valence-electron chi connectivity index (χ1n) is 2.33. The lowest BCUT2D eigenvalue weighted by molar-refractivity contribution is 0.275. The number of hydrogen-bond acceptors (Lipinski definition) is 2. The molecule has 0 fully saturated rings. The zero-order valence-corrected chi connectivity index (χ0v) is 6.83. The van der Waals surface area contributed by atoms with E-state index < -0.39 is 7.82 Å². The number of nitrogens with one attached hydrogen (secondary N) is 1. The van der Waals surface area contributed by atoms with Crippen LogP contribution in [-0.4, -0.2) is 24.9 Å². The second kappa shape index (κ2) is 4.48. The highest BCUT2D eigenvalue weighted by Gasteiger charge is 2.00. The molecule has 6 nitrogen and oxygen atoms in total. The van der Waals surface area contributed by atoms with Gasteiger partial charge < -0.3 is 14.7 Å². The zero-order valence-electron chi connectivity index (χ0n) is 5.18. The van der Waals surface area contributed by atoms with E-state index in [0.717, 1.165) is 0 Å². The number of aromatic nitrogens is 2. The Labute approximate surface area is 67.1 Å². The lowest BCUT2D eigenvalue weighted by Gasteiger charge is -1.82. The summed E-state index contributed by atoms with van der Waals surface area (Å²) in [6.07, 6.45) is 1.67. The van der Waals surface area contributed by atoms with Crippen molar-refractivity contribution in [2.75, 3.05) is 0 Å². The van der Waals surface area contributed by atoms with Gasteiger partial charge in [0.15, 0.2) is 5.15 Å². The van der Waals surface area contributed by atoms with E-state index in [-0.39, 0.29) is 0 Å². The van der Waals surface area contributed by atoms with Gasteiger partial charge in [-0.15, -0.1) is 0 Å². The highest BCUT2D eigenvalue weighted by atomic mass is 35.5. The van der Waals surface area contributed by atoms with Crippen LogP contribution in [0, 0.1) is 0 Å². The van der Waals surface area contributed by atoms with Crippen LogP contribution in [0.4, 0.5) is 0 Å². The fraction of sp³-hybridized carbons (Fsp3) is 0. The minimum absolute atomic E-state index is 0.509.